The first-order valence-corrected chi connectivity index (χ1v) is 9.00. The van der Waals surface area contributed by atoms with Crippen LogP contribution in [0.4, 0.5) is 0 Å². The fraction of sp³-hybridized carbons (Fsp3) is 0.0833. The van der Waals surface area contributed by atoms with Gasteiger partial charge in [-0.1, -0.05) is 90.5 Å². The van der Waals surface area contributed by atoms with Crippen LogP contribution in [0, 0.1) is 6.92 Å². The second kappa shape index (κ2) is 7.42. The van der Waals surface area contributed by atoms with Crippen LogP contribution in [0.25, 0.3) is 22.6 Å². The van der Waals surface area contributed by atoms with Crippen molar-refractivity contribution < 1.29 is 4.79 Å². The van der Waals surface area contributed by atoms with Crippen LogP contribution in [-0.2, 0) is 6.42 Å². The lowest BCUT2D eigenvalue weighted by Gasteiger charge is -2.03. The molecule has 1 aromatic heterocycles. The van der Waals surface area contributed by atoms with E-state index in [1.165, 1.54) is 5.56 Å². The molecule has 0 amide bonds. The first-order chi connectivity index (χ1) is 13.2. The zero-order valence-corrected chi connectivity index (χ0v) is 15.1. The summed E-state index contributed by atoms with van der Waals surface area (Å²) in [6.07, 6.45) is 0.285. The van der Waals surface area contributed by atoms with Crippen molar-refractivity contribution in [1.29, 1.82) is 0 Å². The van der Waals surface area contributed by atoms with Crippen molar-refractivity contribution in [2.24, 2.45) is 0 Å². The molecular weight excluding hydrogens is 332 g/mol. The van der Waals surface area contributed by atoms with E-state index in [9.17, 15) is 4.79 Å². The van der Waals surface area contributed by atoms with Gasteiger partial charge < -0.3 is 4.98 Å². The number of ketones is 1. The number of aromatic amines is 1. The summed E-state index contributed by atoms with van der Waals surface area (Å²) in [5.41, 5.74) is 5.59. The lowest BCUT2D eigenvalue weighted by Crippen LogP contribution is -2.04. The number of hydrogen-bond donors (Lipinski definition) is 1. The van der Waals surface area contributed by atoms with Crippen LogP contribution >= 0.6 is 0 Å². The normalized spacial score (nSPS) is 10.7. The number of nitrogens with one attached hydrogen (secondary N) is 1. The SMILES string of the molecule is Cc1ccc(-c2nc(-c3ccccc3)c(CC(=O)c3ccccc3)[nH]2)cc1. The highest BCUT2D eigenvalue weighted by Gasteiger charge is 2.17. The maximum Gasteiger partial charge on any atom is 0.168 e. The molecule has 3 aromatic carbocycles. The molecule has 0 aliphatic carbocycles. The molecule has 0 aliphatic rings. The van der Waals surface area contributed by atoms with Crippen molar-refractivity contribution in [3.8, 4) is 22.6 Å². The predicted octanol–water partition coefficient (Wildman–Crippen LogP) is 5.48. The van der Waals surface area contributed by atoms with Gasteiger partial charge >= 0.3 is 0 Å². The fourth-order valence-electron chi connectivity index (χ4n) is 3.11. The highest BCUT2D eigenvalue weighted by atomic mass is 16.1. The molecule has 27 heavy (non-hydrogen) atoms. The quantitative estimate of drug-likeness (QED) is 0.484. The molecule has 0 aliphatic heterocycles. The monoisotopic (exact) mass is 352 g/mol. The van der Waals surface area contributed by atoms with Gasteiger partial charge in [-0.15, -0.1) is 0 Å². The number of imidazole rings is 1. The highest BCUT2D eigenvalue weighted by molar-refractivity contribution is 5.98. The Bertz CT molecular complexity index is 1050. The van der Waals surface area contributed by atoms with Crippen LogP contribution < -0.4 is 0 Å². The number of Topliss-reactive ketones (excluding diaryl/α,β-unsaturated/α-hetero) is 1. The third kappa shape index (κ3) is 3.72. The minimum atomic E-state index is 0.0758. The number of benzene rings is 3. The van der Waals surface area contributed by atoms with Gasteiger partial charge in [0, 0.05) is 16.7 Å². The van der Waals surface area contributed by atoms with Crippen molar-refractivity contribution >= 4 is 5.78 Å². The second-order valence-electron chi connectivity index (χ2n) is 6.61. The molecule has 132 valence electrons. The molecule has 0 saturated carbocycles. The van der Waals surface area contributed by atoms with E-state index in [0.717, 1.165) is 28.3 Å². The molecule has 4 rings (SSSR count). The van der Waals surface area contributed by atoms with E-state index in [0.29, 0.717) is 5.56 Å². The van der Waals surface area contributed by atoms with Crippen LogP contribution in [0.5, 0.6) is 0 Å². The Kier molecular flexibility index (Phi) is 4.67. The molecule has 0 unspecified atom stereocenters. The maximum atomic E-state index is 12.7. The molecule has 0 radical (unpaired) electrons. The van der Waals surface area contributed by atoms with Gasteiger partial charge in [0.1, 0.15) is 5.82 Å². The van der Waals surface area contributed by atoms with E-state index < -0.39 is 0 Å². The number of H-pyrrole nitrogens is 1. The summed E-state index contributed by atoms with van der Waals surface area (Å²) in [7, 11) is 0. The molecule has 0 fully saturated rings. The topological polar surface area (TPSA) is 45.8 Å². The predicted molar refractivity (Wildman–Crippen MR) is 109 cm³/mol. The highest BCUT2D eigenvalue weighted by Crippen LogP contribution is 2.27. The van der Waals surface area contributed by atoms with E-state index in [-0.39, 0.29) is 12.2 Å². The maximum absolute atomic E-state index is 12.7. The van der Waals surface area contributed by atoms with Gasteiger partial charge in [0.2, 0.25) is 0 Å². The smallest absolute Gasteiger partial charge is 0.168 e. The second-order valence-corrected chi connectivity index (χ2v) is 6.61. The molecule has 3 heteroatoms. The number of carbonyl (C=O) groups is 1. The minimum Gasteiger partial charge on any atom is -0.341 e. The third-order valence-corrected chi connectivity index (χ3v) is 4.58. The number of nitrogens with zero attached hydrogens (tertiary/aromatic N) is 1. The van der Waals surface area contributed by atoms with Crippen LogP contribution in [-0.4, -0.2) is 15.8 Å². The van der Waals surface area contributed by atoms with Crippen LogP contribution in [0.15, 0.2) is 84.9 Å². The summed E-state index contributed by atoms with van der Waals surface area (Å²) < 4.78 is 0. The number of carbonyl (C=O) groups excluding carboxylic acids is 1. The Labute approximate surface area is 158 Å². The standard InChI is InChI=1S/C24H20N2O/c1-17-12-14-20(15-13-17)24-25-21(16-22(27)18-8-4-2-5-9-18)23(26-24)19-10-6-3-7-11-19/h2-15H,16H2,1H3,(H,25,26). The van der Waals surface area contributed by atoms with Crippen LogP contribution in [0.1, 0.15) is 21.6 Å². The first kappa shape index (κ1) is 17.0. The zero-order chi connectivity index (χ0) is 18.6. The third-order valence-electron chi connectivity index (χ3n) is 4.58. The number of rotatable bonds is 5. The van der Waals surface area contributed by atoms with E-state index in [1.54, 1.807) is 0 Å². The fourth-order valence-corrected chi connectivity index (χ4v) is 3.11. The van der Waals surface area contributed by atoms with Gasteiger partial charge in [-0.05, 0) is 6.92 Å². The summed E-state index contributed by atoms with van der Waals surface area (Å²) in [5.74, 6) is 0.858. The van der Waals surface area contributed by atoms with Gasteiger partial charge in [0.25, 0.3) is 0 Å². The molecule has 0 saturated heterocycles. The Morgan fingerprint density at radius 1 is 0.815 bits per heavy atom. The largest absolute Gasteiger partial charge is 0.341 e. The zero-order valence-electron chi connectivity index (χ0n) is 15.1. The molecule has 1 N–H and O–H groups in total. The van der Waals surface area contributed by atoms with Gasteiger partial charge in [-0.2, -0.15) is 0 Å². The average molecular weight is 352 g/mol. The lowest BCUT2D eigenvalue weighted by atomic mass is 10.0. The summed E-state index contributed by atoms with van der Waals surface area (Å²) in [5, 5.41) is 0. The van der Waals surface area contributed by atoms with Gasteiger partial charge in [-0.25, -0.2) is 4.98 Å². The molecule has 0 bridgehead atoms. The summed E-state index contributed by atoms with van der Waals surface area (Å²) >= 11 is 0. The first-order valence-electron chi connectivity index (χ1n) is 9.00. The number of hydrogen-bond acceptors (Lipinski definition) is 2. The van der Waals surface area contributed by atoms with Gasteiger partial charge in [0.15, 0.2) is 5.78 Å². The Morgan fingerprint density at radius 2 is 1.44 bits per heavy atom. The van der Waals surface area contributed by atoms with E-state index in [4.69, 9.17) is 4.98 Å². The van der Waals surface area contributed by atoms with Crippen LogP contribution in [0.2, 0.25) is 0 Å². The average Bonchev–Trinajstić information content (AvgIpc) is 3.13. The van der Waals surface area contributed by atoms with E-state index >= 15 is 0 Å². The number of aryl methyl sites for hydroxylation is 1. The van der Waals surface area contributed by atoms with E-state index in [2.05, 4.69) is 24.0 Å². The van der Waals surface area contributed by atoms with Crippen molar-refractivity contribution in [3.63, 3.8) is 0 Å². The van der Waals surface area contributed by atoms with Gasteiger partial charge in [0.05, 0.1) is 17.8 Å². The molecule has 0 spiro atoms. The minimum absolute atomic E-state index is 0.0758. The van der Waals surface area contributed by atoms with Crippen molar-refractivity contribution in [3.05, 3.63) is 102 Å². The van der Waals surface area contributed by atoms with E-state index in [1.807, 2.05) is 72.8 Å². The van der Waals surface area contributed by atoms with Gasteiger partial charge in [-0.3, -0.25) is 4.79 Å². The molecule has 3 nitrogen and oxygen atoms in total. The molecule has 0 atom stereocenters. The lowest BCUT2D eigenvalue weighted by molar-refractivity contribution is 0.0992. The summed E-state index contributed by atoms with van der Waals surface area (Å²) in [6.45, 7) is 2.06. The Hall–Kier alpha value is -3.46. The molecular formula is C24H20N2O. The Balaban J connectivity index is 1.74. The van der Waals surface area contributed by atoms with Crippen molar-refractivity contribution in [2.75, 3.05) is 0 Å². The van der Waals surface area contributed by atoms with Crippen molar-refractivity contribution in [2.45, 2.75) is 13.3 Å². The number of aromatic nitrogens is 2. The summed E-state index contributed by atoms with van der Waals surface area (Å²) in [6, 6.07) is 27.6. The van der Waals surface area contributed by atoms with Crippen molar-refractivity contribution in [1.82, 2.24) is 9.97 Å². The van der Waals surface area contributed by atoms with Crippen LogP contribution in [0.3, 0.4) is 0 Å². The summed E-state index contributed by atoms with van der Waals surface area (Å²) in [4.78, 5) is 20.9. The molecule has 4 aromatic rings. The molecule has 1 heterocycles. The Morgan fingerprint density at radius 3 is 2.11 bits per heavy atom.